The highest BCUT2D eigenvalue weighted by Crippen LogP contribution is 2.23. The van der Waals surface area contributed by atoms with Crippen molar-refractivity contribution in [3.8, 4) is 10.7 Å². The molecule has 3 aromatic rings. The van der Waals surface area contributed by atoms with Crippen molar-refractivity contribution < 1.29 is 0 Å². The van der Waals surface area contributed by atoms with Gasteiger partial charge in [-0.3, -0.25) is 5.10 Å². The molecular formula is C13H12N4S. The van der Waals surface area contributed by atoms with Gasteiger partial charge in [0.2, 0.25) is 0 Å². The van der Waals surface area contributed by atoms with Crippen molar-refractivity contribution in [2.75, 3.05) is 0 Å². The lowest BCUT2D eigenvalue weighted by Crippen LogP contribution is -2.13. The Hall–Kier alpha value is -1.98. The van der Waals surface area contributed by atoms with Crippen LogP contribution in [0.25, 0.3) is 10.7 Å². The number of H-pyrrole nitrogens is 1. The van der Waals surface area contributed by atoms with Crippen LogP contribution in [0, 0.1) is 0 Å². The van der Waals surface area contributed by atoms with Crippen LogP contribution in [0.3, 0.4) is 0 Å². The predicted octanol–water partition coefficient (Wildman–Crippen LogP) is 2.58. The van der Waals surface area contributed by atoms with E-state index in [0.717, 1.165) is 10.4 Å². The number of benzene rings is 1. The Morgan fingerprint density at radius 3 is 2.67 bits per heavy atom. The minimum absolute atomic E-state index is 0.271. The Labute approximate surface area is 109 Å². The number of aromatic nitrogens is 3. The summed E-state index contributed by atoms with van der Waals surface area (Å²) >= 11 is 1.61. The van der Waals surface area contributed by atoms with E-state index in [4.69, 9.17) is 5.73 Å². The van der Waals surface area contributed by atoms with E-state index in [2.05, 4.69) is 15.2 Å². The smallest absolute Gasteiger partial charge is 0.191 e. The monoisotopic (exact) mass is 256 g/mol. The molecule has 0 unspecified atom stereocenters. The summed E-state index contributed by atoms with van der Waals surface area (Å²) in [7, 11) is 0. The molecule has 5 heteroatoms. The maximum absolute atomic E-state index is 6.15. The zero-order valence-electron chi connectivity index (χ0n) is 9.58. The lowest BCUT2D eigenvalue weighted by molar-refractivity contribution is 0.787. The van der Waals surface area contributed by atoms with E-state index in [0.29, 0.717) is 11.6 Å². The highest BCUT2D eigenvalue weighted by Gasteiger charge is 2.14. The number of aromatic amines is 1. The van der Waals surface area contributed by atoms with E-state index >= 15 is 0 Å². The van der Waals surface area contributed by atoms with E-state index in [1.165, 1.54) is 0 Å². The molecule has 1 atom stereocenters. The van der Waals surface area contributed by atoms with Crippen molar-refractivity contribution in [2.45, 2.75) is 6.04 Å². The standard InChI is InChI=1S/C13H12N4S/c14-11(9-5-2-1-3-6-9)13-15-12(16-17-13)10-7-4-8-18-10/h1-8,11H,14H2,(H,15,16,17)/t11-/m0/s1. The summed E-state index contributed by atoms with van der Waals surface area (Å²) in [5, 5.41) is 9.11. The van der Waals surface area contributed by atoms with Gasteiger partial charge in [-0.15, -0.1) is 11.3 Å². The minimum atomic E-state index is -0.271. The van der Waals surface area contributed by atoms with Gasteiger partial charge in [-0.05, 0) is 17.0 Å². The summed E-state index contributed by atoms with van der Waals surface area (Å²) in [6, 6.07) is 13.6. The number of thiophene rings is 1. The van der Waals surface area contributed by atoms with Crippen molar-refractivity contribution in [3.05, 3.63) is 59.2 Å². The average Bonchev–Trinajstić information content (AvgIpc) is 3.09. The lowest BCUT2D eigenvalue weighted by atomic mass is 10.1. The van der Waals surface area contributed by atoms with Gasteiger partial charge in [0.25, 0.3) is 0 Å². The Morgan fingerprint density at radius 1 is 1.11 bits per heavy atom. The zero-order valence-corrected chi connectivity index (χ0v) is 10.4. The average molecular weight is 256 g/mol. The molecule has 0 radical (unpaired) electrons. The van der Waals surface area contributed by atoms with Gasteiger partial charge in [-0.1, -0.05) is 36.4 Å². The van der Waals surface area contributed by atoms with Crippen molar-refractivity contribution in [1.82, 2.24) is 15.2 Å². The van der Waals surface area contributed by atoms with Crippen molar-refractivity contribution in [3.63, 3.8) is 0 Å². The molecule has 0 spiro atoms. The normalized spacial score (nSPS) is 12.5. The fourth-order valence-corrected chi connectivity index (χ4v) is 2.41. The van der Waals surface area contributed by atoms with Gasteiger partial charge in [0, 0.05) is 0 Å². The number of nitrogens with zero attached hydrogens (tertiary/aromatic N) is 2. The second-order valence-corrected chi connectivity index (χ2v) is 4.86. The summed E-state index contributed by atoms with van der Waals surface area (Å²) < 4.78 is 0. The molecule has 2 heterocycles. The Bertz CT molecular complexity index is 616. The molecule has 2 aromatic heterocycles. The number of hydrogen-bond donors (Lipinski definition) is 2. The van der Waals surface area contributed by atoms with Gasteiger partial charge in [0.1, 0.15) is 5.82 Å². The SMILES string of the molecule is N[C@@H](c1ccccc1)c1nc(-c2cccs2)n[nH]1. The van der Waals surface area contributed by atoms with E-state index in [9.17, 15) is 0 Å². The van der Waals surface area contributed by atoms with Crippen LogP contribution in [0.5, 0.6) is 0 Å². The molecule has 3 N–H and O–H groups in total. The van der Waals surface area contributed by atoms with Crippen molar-refractivity contribution in [1.29, 1.82) is 0 Å². The third kappa shape index (κ3) is 2.05. The molecule has 0 amide bonds. The second-order valence-electron chi connectivity index (χ2n) is 3.91. The van der Waals surface area contributed by atoms with E-state index in [-0.39, 0.29) is 6.04 Å². The highest BCUT2D eigenvalue weighted by molar-refractivity contribution is 7.13. The van der Waals surface area contributed by atoms with E-state index in [1.54, 1.807) is 11.3 Å². The minimum Gasteiger partial charge on any atom is -0.318 e. The maximum atomic E-state index is 6.15. The largest absolute Gasteiger partial charge is 0.318 e. The Balaban J connectivity index is 1.90. The predicted molar refractivity (Wildman–Crippen MR) is 72.2 cm³/mol. The molecule has 1 aromatic carbocycles. The molecule has 90 valence electrons. The molecule has 0 aliphatic carbocycles. The Morgan fingerprint density at radius 2 is 1.94 bits per heavy atom. The first-order valence-electron chi connectivity index (χ1n) is 5.61. The molecule has 0 bridgehead atoms. The number of hydrogen-bond acceptors (Lipinski definition) is 4. The van der Waals surface area contributed by atoms with E-state index < -0.39 is 0 Å². The van der Waals surface area contributed by atoms with Crippen molar-refractivity contribution in [2.24, 2.45) is 5.73 Å². The fourth-order valence-electron chi connectivity index (χ4n) is 1.75. The van der Waals surface area contributed by atoms with Crippen LogP contribution in [0.1, 0.15) is 17.4 Å². The van der Waals surface area contributed by atoms with Gasteiger partial charge in [0.05, 0.1) is 10.9 Å². The van der Waals surface area contributed by atoms with Crippen LogP contribution in [0.15, 0.2) is 47.8 Å². The van der Waals surface area contributed by atoms with Crippen LogP contribution in [0.2, 0.25) is 0 Å². The molecule has 0 saturated heterocycles. The molecule has 0 aliphatic rings. The molecule has 0 fully saturated rings. The topological polar surface area (TPSA) is 67.6 Å². The number of rotatable bonds is 3. The first-order chi connectivity index (χ1) is 8.84. The fraction of sp³-hybridized carbons (Fsp3) is 0.0769. The third-order valence-corrected chi connectivity index (χ3v) is 3.56. The van der Waals surface area contributed by atoms with Gasteiger partial charge in [-0.2, -0.15) is 5.10 Å². The van der Waals surface area contributed by atoms with Crippen LogP contribution in [0.4, 0.5) is 0 Å². The van der Waals surface area contributed by atoms with Crippen LogP contribution < -0.4 is 5.73 Å². The van der Waals surface area contributed by atoms with Crippen LogP contribution >= 0.6 is 11.3 Å². The maximum Gasteiger partial charge on any atom is 0.191 e. The summed E-state index contributed by atoms with van der Waals surface area (Å²) in [6.07, 6.45) is 0. The summed E-state index contributed by atoms with van der Waals surface area (Å²) in [5.41, 5.74) is 7.17. The lowest BCUT2D eigenvalue weighted by Gasteiger charge is -2.07. The third-order valence-electron chi connectivity index (χ3n) is 2.70. The first-order valence-corrected chi connectivity index (χ1v) is 6.49. The molecule has 0 saturated carbocycles. The number of nitrogens with two attached hydrogens (primary N) is 1. The molecule has 4 nitrogen and oxygen atoms in total. The van der Waals surface area contributed by atoms with Gasteiger partial charge >= 0.3 is 0 Å². The van der Waals surface area contributed by atoms with Gasteiger partial charge in [0.15, 0.2) is 5.82 Å². The first kappa shape index (κ1) is 11.1. The van der Waals surface area contributed by atoms with E-state index in [1.807, 2.05) is 47.8 Å². The zero-order chi connectivity index (χ0) is 12.4. The van der Waals surface area contributed by atoms with Gasteiger partial charge in [-0.25, -0.2) is 4.98 Å². The summed E-state index contributed by atoms with van der Waals surface area (Å²) in [5.74, 6) is 1.39. The second kappa shape index (κ2) is 4.72. The molecule has 3 rings (SSSR count). The summed E-state index contributed by atoms with van der Waals surface area (Å²) in [6.45, 7) is 0. The molecule has 18 heavy (non-hydrogen) atoms. The number of nitrogens with one attached hydrogen (secondary N) is 1. The molecular weight excluding hydrogens is 244 g/mol. The highest BCUT2D eigenvalue weighted by atomic mass is 32.1. The van der Waals surface area contributed by atoms with Crippen molar-refractivity contribution >= 4 is 11.3 Å². The van der Waals surface area contributed by atoms with Gasteiger partial charge < -0.3 is 5.73 Å². The molecule has 0 aliphatic heterocycles. The van der Waals surface area contributed by atoms with Crippen LogP contribution in [-0.4, -0.2) is 15.2 Å². The summed E-state index contributed by atoms with van der Waals surface area (Å²) in [4.78, 5) is 5.49. The Kier molecular flexibility index (Phi) is 2.92. The quantitative estimate of drug-likeness (QED) is 0.756. The van der Waals surface area contributed by atoms with Crippen LogP contribution in [-0.2, 0) is 0 Å².